The summed E-state index contributed by atoms with van der Waals surface area (Å²) in [7, 11) is 0. The number of likely N-dealkylation sites (tertiary alicyclic amines) is 1. The van der Waals surface area contributed by atoms with E-state index >= 15 is 0 Å². The summed E-state index contributed by atoms with van der Waals surface area (Å²) in [6, 6.07) is 10.2. The zero-order chi connectivity index (χ0) is 19.7. The van der Waals surface area contributed by atoms with Crippen molar-refractivity contribution in [3.05, 3.63) is 35.9 Å². The molecule has 3 atom stereocenters. The van der Waals surface area contributed by atoms with Crippen LogP contribution in [0, 0.1) is 11.3 Å². The molecule has 1 saturated heterocycles. The van der Waals surface area contributed by atoms with Crippen LogP contribution in [0.3, 0.4) is 0 Å². The lowest BCUT2D eigenvalue weighted by Crippen LogP contribution is -2.52. The predicted octanol–water partition coefficient (Wildman–Crippen LogP) is 3.01. The van der Waals surface area contributed by atoms with Crippen molar-refractivity contribution >= 4 is 12.0 Å². The maximum absolute atomic E-state index is 12.6. The number of hydrogen-bond acceptors (Lipinski definition) is 3. The van der Waals surface area contributed by atoms with E-state index in [0.29, 0.717) is 26.1 Å². The Morgan fingerprint density at radius 2 is 2.04 bits per heavy atom. The van der Waals surface area contributed by atoms with Crippen LogP contribution in [-0.2, 0) is 4.79 Å². The third-order valence-corrected chi connectivity index (χ3v) is 6.17. The minimum absolute atomic E-state index is 0.0880. The first-order chi connectivity index (χ1) is 12.7. The number of carboxylic acids is 1. The first-order valence-electron chi connectivity index (χ1n) is 9.82. The third kappa shape index (κ3) is 4.10. The maximum atomic E-state index is 12.6. The molecule has 2 amide bonds. The van der Waals surface area contributed by atoms with Crippen LogP contribution in [0.5, 0.6) is 0 Å². The number of carbonyl (C=O) groups is 2. The van der Waals surface area contributed by atoms with E-state index in [1.165, 1.54) is 5.56 Å². The number of nitrogens with one attached hydrogen (secondary N) is 2. The van der Waals surface area contributed by atoms with E-state index in [1.807, 2.05) is 18.2 Å². The highest BCUT2D eigenvalue weighted by molar-refractivity contribution is 5.80. The van der Waals surface area contributed by atoms with Gasteiger partial charge in [0.2, 0.25) is 0 Å². The molecule has 6 heteroatoms. The zero-order valence-electron chi connectivity index (χ0n) is 16.5. The molecule has 27 heavy (non-hydrogen) atoms. The number of benzene rings is 1. The molecule has 1 saturated carbocycles. The Balaban J connectivity index is 1.53. The van der Waals surface area contributed by atoms with Crippen LogP contribution in [0.1, 0.15) is 51.6 Å². The van der Waals surface area contributed by atoms with Crippen molar-refractivity contribution in [3.63, 3.8) is 0 Å². The van der Waals surface area contributed by atoms with Gasteiger partial charge in [0, 0.05) is 31.2 Å². The Kier molecular flexibility index (Phi) is 5.47. The van der Waals surface area contributed by atoms with Gasteiger partial charge in [-0.3, -0.25) is 4.79 Å². The van der Waals surface area contributed by atoms with Gasteiger partial charge in [0.15, 0.2) is 0 Å². The van der Waals surface area contributed by atoms with E-state index in [2.05, 4.69) is 43.5 Å². The summed E-state index contributed by atoms with van der Waals surface area (Å²) in [5, 5.41) is 16.2. The summed E-state index contributed by atoms with van der Waals surface area (Å²) in [6.45, 7) is 7.58. The summed E-state index contributed by atoms with van der Waals surface area (Å²) >= 11 is 0. The molecule has 1 aliphatic carbocycles. The van der Waals surface area contributed by atoms with Crippen LogP contribution in [0.2, 0.25) is 0 Å². The summed E-state index contributed by atoms with van der Waals surface area (Å²) in [5.41, 5.74) is 0.186. The van der Waals surface area contributed by atoms with Gasteiger partial charge in [-0.1, -0.05) is 36.8 Å². The van der Waals surface area contributed by atoms with E-state index in [4.69, 9.17) is 0 Å². The minimum Gasteiger partial charge on any atom is -0.481 e. The van der Waals surface area contributed by atoms with Gasteiger partial charge in [-0.25, -0.2) is 4.79 Å². The lowest BCUT2D eigenvalue weighted by Gasteiger charge is -2.32. The van der Waals surface area contributed by atoms with E-state index in [1.54, 1.807) is 4.90 Å². The molecule has 0 aromatic heterocycles. The molecule has 0 radical (unpaired) electrons. The fourth-order valence-electron chi connectivity index (χ4n) is 4.66. The standard InChI is InChI=1S/C21H31N3O3/c1-15(16-8-5-4-6-9-16)23-20(2,3)13-22-19(27)24-12-17-10-7-11-21(17,14-24)18(25)26/h4-6,8-9,15,17,23H,7,10-14H2,1-3H3,(H,22,27)(H,25,26)/t15?,17-,21+/m0/s1. The Bertz CT molecular complexity index is 691. The second-order valence-electron chi connectivity index (χ2n) is 8.75. The first kappa shape index (κ1) is 19.7. The molecule has 2 aliphatic rings. The Morgan fingerprint density at radius 3 is 2.67 bits per heavy atom. The molecular weight excluding hydrogens is 342 g/mol. The molecule has 3 rings (SSSR count). The molecule has 3 N–H and O–H groups in total. The van der Waals surface area contributed by atoms with Crippen LogP contribution < -0.4 is 10.6 Å². The molecule has 0 spiro atoms. The van der Waals surface area contributed by atoms with Crippen molar-refractivity contribution < 1.29 is 14.7 Å². The van der Waals surface area contributed by atoms with Crippen LogP contribution >= 0.6 is 0 Å². The number of amides is 2. The highest BCUT2D eigenvalue weighted by atomic mass is 16.4. The molecule has 2 fully saturated rings. The number of carbonyl (C=O) groups excluding carboxylic acids is 1. The van der Waals surface area contributed by atoms with E-state index in [9.17, 15) is 14.7 Å². The minimum atomic E-state index is -0.751. The molecule has 1 heterocycles. The van der Waals surface area contributed by atoms with E-state index in [-0.39, 0.29) is 23.5 Å². The van der Waals surface area contributed by atoms with Crippen LogP contribution in [0.15, 0.2) is 30.3 Å². The van der Waals surface area contributed by atoms with Gasteiger partial charge in [-0.2, -0.15) is 0 Å². The smallest absolute Gasteiger partial charge is 0.317 e. The van der Waals surface area contributed by atoms with Gasteiger partial charge in [0.1, 0.15) is 0 Å². The summed E-state index contributed by atoms with van der Waals surface area (Å²) in [6.07, 6.45) is 2.52. The second kappa shape index (κ2) is 7.50. The molecule has 0 bridgehead atoms. The van der Waals surface area contributed by atoms with Crippen molar-refractivity contribution in [1.82, 2.24) is 15.5 Å². The van der Waals surface area contributed by atoms with Crippen LogP contribution in [-0.4, -0.2) is 47.2 Å². The zero-order valence-corrected chi connectivity index (χ0v) is 16.5. The van der Waals surface area contributed by atoms with Gasteiger partial charge in [0.05, 0.1) is 5.41 Å². The summed E-state index contributed by atoms with van der Waals surface area (Å²) in [5.74, 6) is -0.663. The monoisotopic (exact) mass is 373 g/mol. The number of aliphatic carboxylic acids is 1. The molecule has 1 aliphatic heterocycles. The highest BCUT2D eigenvalue weighted by Gasteiger charge is 2.55. The normalized spacial score (nSPS) is 25.9. The van der Waals surface area contributed by atoms with Gasteiger partial charge in [0.25, 0.3) is 0 Å². The second-order valence-corrected chi connectivity index (χ2v) is 8.75. The third-order valence-electron chi connectivity index (χ3n) is 6.17. The number of nitrogens with zero attached hydrogens (tertiary/aromatic N) is 1. The molecule has 1 aromatic carbocycles. The van der Waals surface area contributed by atoms with E-state index < -0.39 is 11.4 Å². The average Bonchev–Trinajstić information content (AvgIpc) is 3.18. The molecule has 148 valence electrons. The van der Waals surface area contributed by atoms with Crippen molar-refractivity contribution in [2.45, 2.75) is 51.6 Å². The Hall–Kier alpha value is -2.08. The summed E-state index contributed by atoms with van der Waals surface area (Å²) in [4.78, 5) is 26.1. The van der Waals surface area contributed by atoms with Crippen molar-refractivity contribution in [1.29, 1.82) is 0 Å². The number of hydrogen-bond donors (Lipinski definition) is 3. The van der Waals surface area contributed by atoms with Gasteiger partial charge in [-0.15, -0.1) is 0 Å². The topological polar surface area (TPSA) is 81.7 Å². The Morgan fingerprint density at radius 1 is 1.33 bits per heavy atom. The van der Waals surface area contributed by atoms with Crippen molar-refractivity contribution in [3.8, 4) is 0 Å². The lowest BCUT2D eigenvalue weighted by atomic mass is 9.81. The van der Waals surface area contributed by atoms with Crippen LogP contribution in [0.4, 0.5) is 4.79 Å². The Labute approximate surface area is 161 Å². The maximum Gasteiger partial charge on any atom is 0.317 e. The average molecular weight is 373 g/mol. The molecular formula is C21H31N3O3. The number of rotatable bonds is 6. The van der Waals surface area contributed by atoms with Crippen molar-refractivity contribution in [2.24, 2.45) is 11.3 Å². The highest BCUT2D eigenvalue weighted by Crippen LogP contribution is 2.48. The van der Waals surface area contributed by atoms with Gasteiger partial charge in [-0.05, 0) is 45.1 Å². The first-order valence-corrected chi connectivity index (χ1v) is 9.82. The SMILES string of the molecule is CC(NC(C)(C)CNC(=O)N1C[C@@H]2CCC[C@@]2(C(=O)O)C1)c1ccccc1. The molecule has 1 unspecified atom stereocenters. The summed E-state index contributed by atoms with van der Waals surface area (Å²) < 4.78 is 0. The largest absolute Gasteiger partial charge is 0.481 e. The fraction of sp³-hybridized carbons (Fsp3) is 0.619. The van der Waals surface area contributed by atoms with Crippen LogP contribution in [0.25, 0.3) is 0 Å². The fourth-order valence-corrected chi connectivity index (χ4v) is 4.66. The van der Waals surface area contributed by atoms with Gasteiger partial charge < -0.3 is 20.6 Å². The number of fused-ring (bicyclic) bond motifs is 1. The van der Waals surface area contributed by atoms with E-state index in [0.717, 1.165) is 12.8 Å². The van der Waals surface area contributed by atoms with Crippen molar-refractivity contribution in [2.75, 3.05) is 19.6 Å². The predicted molar refractivity (Wildman–Crippen MR) is 104 cm³/mol. The number of carboxylic acid groups (broad SMARTS) is 1. The lowest BCUT2D eigenvalue weighted by molar-refractivity contribution is -0.149. The quantitative estimate of drug-likeness (QED) is 0.716. The molecule has 6 nitrogen and oxygen atoms in total. The number of urea groups is 1. The molecule has 1 aromatic rings. The van der Waals surface area contributed by atoms with Gasteiger partial charge >= 0.3 is 12.0 Å².